The normalized spacial score (nSPS) is 20.4. The Morgan fingerprint density at radius 1 is 1.00 bits per heavy atom. The van der Waals surface area contributed by atoms with Crippen molar-refractivity contribution in [1.82, 2.24) is 14.5 Å². The summed E-state index contributed by atoms with van der Waals surface area (Å²) in [6.07, 6.45) is 4.63. The van der Waals surface area contributed by atoms with E-state index >= 15 is 0 Å². The zero-order valence-corrected chi connectivity index (χ0v) is 18.6. The maximum absolute atomic E-state index is 14.0. The van der Waals surface area contributed by atoms with Gasteiger partial charge in [0.25, 0.3) is 0 Å². The number of carbonyl (C=O) groups is 1. The molecule has 2 bridgehead atoms. The van der Waals surface area contributed by atoms with Gasteiger partial charge in [-0.1, -0.05) is 36.4 Å². The number of carbonyl (C=O) groups excluding carboxylic acids is 1. The van der Waals surface area contributed by atoms with Crippen molar-refractivity contribution in [2.24, 2.45) is 7.05 Å². The van der Waals surface area contributed by atoms with Gasteiger partial charge < -0.3 is 14.2 Å². The van der Waals surface area contributed by atoms with E-state index in [-0.39, 0.29) is 18.1 Å². The lowest BCUT2D eigenvalue weighted by Gasteiger charge is -2.31. The van der Waals surface area contributed by atoms with Crippen LogP contribution in [0.4, 0.5) is 5.69 Å². The van der Waals surface area contributed by atoms with Gasteiger partial charge in [0.1, 0.15) is 11.9 Å². The highest BCUT2D eigenvalue weighted by Gasteiger charge is 2.43. The fraction of sp³-hybridized carbons (Fsp3) is 0.259. The molecule has 0 aliphatic carbocycles. The van der Waals surface area contributed by atoms with Gasteiger partial charge in [0.2, 0.25) is 5.91 Å². The fourth-order valence-corrected chi connectivity index (χ4v) is 5.22. The third kappa shape index (κ3) is 3.56. The van der Waals surface area contributed by atoms with Gasteiger partial charge >= 0.3 is 0 Å². The first-order chi connectivity index (χ1) is 16.2. The van der Waals surface area contributed by atoms with Crippen molar-refractivity contribution in [2.75, 3.05) is 11.4 Å². The second-order valence-corrected chi connectivity index (χ2v) is 8.92. The van der Waals surface area contributed by atoms with Gasteiger partial charge in [0.05, 0.1) is 24.0 Å². The van der Waals surface area contributed by atoms with Crippen molar-refractivity contribution in [3.8, 4) is 5.75 Å². The van der Waals surface area contributed by atoms with Gasteiger partial charge in [-0.15, -0.1) is 0 Å². The minimum absolute atomic E-state index is 0.00734. The molecule has 6 heteroatoms. The molecule has 1 amide bonds. The zero-order valence-electron chi connectivity index (χ0n) is 18.6. The lowest BCUT2D eigenvalue weighted by Crippen LogP contribution is -2.45. The van der Waals surface area contributed by atoms with Gasteiger partial charge in [-0.2, -0.15) is 0 Å². The van der Waals surface area contributed by atoms with Crippen LogP contribution in [-0.4, -0.2) is 39.0 Å². The molecule has 166 valence electrons. The Hall–Kier alpha value is -3.64. The molecule has 0 spiro atoms. The van der Waals surface area contributed by atoms with Crippen LogP contribution >= 0.6 is 0 Å². The molecule has 0 N–H and O–H groups in total. The molecule has 2 aliphatic heterocycles. The first kappa shape index (κ1) is 20.0. The van der Waals surface area contributed by atoms with E-state index in [9.17, 15) is 4.79 Å². The molecule has 0 radical (unpaired) electrons. The predicted octanol–water partition coefficient (Wildman–Crippen LogP) is 4.14. The Bertz CT molecular complexity index is 1320. The minimum Gasteiger partial charge on any atom is -0.487 e. The number of amides is 1. The van der Waals surface area contributed by atoms with Crippen LogP contribution in [0.25, 0.3) is 10.9 Å². The predicted molar refractivity (Wildman–Crippen MR) is 128 cm³/mol. The number of aryl methyl sites for hydroxylation is 1. The van der Waals surface area contributed by atoms with E-state index in [4.69, 9.17) is 4.74 Å². The molecule has 2 aromatic carbocycles. The van der Waals surface area contributed by atoms with Gasteiger partial charge in [-0.25, -0.2) is 0 Å². The number of hydrogen-bond acceptors (Lipinski definition) is 4. The van der Waals surface area contributed by atoms with Gasteiger partial charge in [-0.05, 0) is 35.9 Å². The monoisotopic (exact) mass is 438 g/mol. The quantitative estimate of drug-likeness (QED) is 0.481. The van der Waals surface area contributed by atoms with E-state index < -0.39 is 0 Å². The van der Waals surface area contributed by atoms with Crippen LogP contribution in [0.1, 0.15) is 17.7 Å². The molecule has 6 nitrogen and oxygen atoms in total. The smallest absolute Gasteiger partial charge is 0.244 e. The number of nitrogens with zero attached hydrogens (tertiary/aromatic N) is 4. The Morgan fingerprint density at radius 2 is 1.82 bits per heavy atom. The summed E-state index contributed by atoms with van der Waals surface area (Å²) in [4.78, 5) is 22.6. The Balaban J connectivity index is 1.36. The number of hydrogen-bond donors (Lipinski definition) is 0. The minimum atomic E-state index is -0.231. The third-order valence-corrected chi connectivity index (χ3v) is 6.77. The maximum Gasteiger partial charge on any atom is 0.244 e. The number of aromatic nitrogens is 2. The molecule has 2 atom stereocenters. The molecule has 1 saturated heterocycles. The number of rotatable bonds is 4. The van der Waals surface area contributed by atoms with Crippen molar-refractivity contribution in [3.63, 3.8) is 0 Å². The highest BCUT2D eigenvalue weighted by molar-refractivity contribution is 5.99. The molecule has 33 heavy (non-hydrogen) atoms. The zero-order chi connectivity index (χ0) is 22.4. The first-order valence-electron chi connectivity index (χ1n) is 11.4. The van der Waals surface area contributed by atoms with E-state index in [1.807, 2.05) is 47.4 Å². The Labute approximate surface area is 193 Å². The topological polar surface area (TPSA) is 50.6 Å². The van der Waals surface area contributed by atoms with Crippen molar-refractivity contribution >= 4 is 22.5 Å². The molecule has 4 aromatic rings. The highest BCUT2D eigenvalue weighted by atomic mass is 16.5. The molecule has 1 fully saturated rings. The van der Waals surface area contributed by atoms with Crippen LogP contribution < -0.4 is 9.64 Å². The lowest BCUT2D eigenvalue weighted by molar-refractivity contribution is -0.123. The summed E-state index contributed by atoms with van der Waals surface area (Å²) in [7, 11) is 2.07. The molecular formula is C27H26N4O2. The second-order valence-electron chi connectivity index (χ2n) is 8.92. The summed E-state index contributed by atoms with van der Waals surface area (Å²) in [6.45, 7) is 1.86. The van der Waals surface area contributed by atoms with E-state index in [2.05, 4.69) is 52.0 Å². The van der Waals surface area contributed by atoms with Gasteiger partial charge in [-0.3, -0.25) is 14.7 Å². The number of anilines is 1. The van der Waals surface area contributed by atoms with Crippen LogP contribution in [0.3, 0.4) is 0 Å². The largest absolute Gasteiger partial charge is 0.487 e. The molecule has 0 saturated carbocycles. The van der Waals surface area contributed by atoms with Crippen LogP contribution in [0.2, 0.25) is 0 Å². The summed E-state index contributed by atoms with van der Waals surface area (Å²) >= 11 is 0. The van der Waals surface area contributed by atoms with Crippen molar-refractivity contribution < 1.29 is 9.53 Å². The number of likely N-dealkylation sites (tertiary alicyclic amines) is 1. The molecular weight excluding hydrogens is 412 g/mol. The second kappa shape index (κ2) is 8.05. The van der Waals surface area contributed by atoms with E-state index in [1.54, 1.807) is 6.20 Å². The number of para-hydroxylation sites is 3. The molecule has 4 heterocycles. The van der Waals surface area contributed by atoms with Crippen LogP contribution in [0.15, 0.2) is 79.1 Å². The number of benzene rings is 2. The standard InChI is InChI=1S/C27H26N4O2/c1-29-15-19(22-9-2-3-10-23(22)29)16-30-18-21-14-25(30)27(32)31(17-20-8-6-7-13-28-20)24-11-4-5-12-26(24)33-21/h2-13,15,21,25H,14,16-18H2,1H3/t21-,25-/m0/s1. The third-order valence-electron chi connectivity index (χ3n) is 6.77. The summed E-state index contributed by atoms with van der Waals surface area (Å²) in [5.74, 6) is 0.872. The van der Waals surface area contributed by atoms with Crippen LogP contribution in [-0.2, 0) is 24.9 Å². The van der Waals surface area contributed by atoms with Gasteiger partial charge in [0.15, 0.2) is 0 Å². The van der Waals surface area contributed by atoms with E-state index in [1.165, 1.54) is 16.5 Å². The average molecular weight is 439 g/mol. The SMILES string of the molecule is Cn1cc(CN2C[C@@H]3C[C@H]2C(=O)N(Cc2ccccn2)c2ccccc2O3)c2ccccc21. The molecule has 2 aromatic heterocycles. The van der Waals surface area contributed by atoms with Crippen molar-refractivity contribution in [3.05, 3.63) is 90.4 Å². The first-order valence-corrected chi connectivity index (χ1v) is 11.4. The molecule has 2 aliphatic rings. The highest BCUT2D eigenvalue weighted by Crippen LogP contribution is 2.37. The molecule has 0 unspecified atom stereocenters. The van der Waals surface area contributed by atoms with Crippen LogP contribution in [0, 0.1) is 0 Å². The van der Waals surface area contributed by atoms with E-state index in [0.29, 0.717) is 19.5 Å². The fourth-order valence-electron chi connectivity index (χ4n) is 5.22. The summed E-state index contributed by atoms with van der Waals surface area (Å²) in [6, 6.07) is 21.9. The van der Waals surface area contributed by atoms with Gasteiger partial charge in [0, 0.05) is 49.9 Å². The Kier molecular flexibility index (Phi) is 4.88. The lowest BCUT2D eigenvalue weighted by atomic mass is 10.1. The summed E-state index contributed by atoms with van der Waals surface area (Å²) in [5, 5.41) is 1.24. The number of ether oxygens (including phenoxy) is 1. The molecule has 6 rings (SSSR count). The number of fused-ring (bicyclic) bond motifs is 4. The number of pyridine rings is 1. The summed E-state index contributed by atoms with van der Waals surface area (Å²) < 4.78 is 8.60. The van der Waals surface area contributed by atoms with Crippen LogP contribution in [0.5, 0.6) is 5.75 Å². The van der Waals surface area contributed by atoms with Crippen molar-refractivity contribution in [1.29, 1.82) is 0 Å². The van der Waals surface area contributed by atoms with E-state index in [0.717, 1.165) is 23.7 Å². The van der Waals surface area contributed by atoms with Crippen molar-refractivity contribution in [2.45, 2.75) is 31.7 Å². The Morgan fingerprint density at radius 3 is 2.70 bits per heavy atom. The summed E-state index contributed by atoms with van der Waals surface area (Å²) in [5.41, 5.74) is 4.11. The average Bonchev–Trinajstić information content (AvgIpc) is 3.39. The maximum atomic E-state index is 14.0.